The van der Waals surface area contributed by atoms with Gasteiger partial charge in [0.05, 0.1) is 17.6 Å². The van der Waals surface area contributed by atoms with Crippen LogP contribution in [-0.2, 0) is 6.54 Å². The Morgan fingerprint density at radius 3 is 2.50 bits per heavy atom. The van der Waals surface area contributed by atoms with E-state index in [4.69, 9.17) is 0 Å². The molecular weight excluding hydrogens is 248 g/mol. The molecule has 0 aliphatic heterocycles. The molecule has 0 unspecified atom stereocenters. The molecule has 20 heavy (non-hydrogen) atoms. The molecule has 3 heteroatoms. The average Bonchev–Trinajstić information content (AvgIpc) is 2.85. The fourth-order valence-corrected chi connectivity index (χ4v) is 2.29. The topological polar surface area (TPSA) is 38.0 Å². The second-order valence-corrected chi connectivity index (χ2v) is 4.58. The van der Waals surface area contributed by atoms with Crippen LogP contribution in [0.2, 0.25) is 0 Å². The highest BCUT2D eigenvalue weighted by atomic mass is 16.3. The van der Waals surface area contributed by atoms with Gasteiger partial charge in [-0.2, -0.15) is 0 Å². The maximum atomic E-state index is 9.23. The monoisotopic (exact) mass is 264 g/mol. The predicted molar refractivity (Wildman–Crippen MR) is 82.2 cm³/mol. The van der Waals surface area contributed by atoms with Crippen LogP contribution in [0.1, 0.15) is 11.4 Å². The van der Waals surface area contributed by atoms with Crippen LogP contribution >= 0.6 is 0 Å². The van der Waals surface area contributed by atoms with Crippen molar-refractivity contribution in [2.75, 3.05) is 6.61 Å². The van der Waals surface area contributed by atoms with Crippen molar-refractivity contribution in [3.63, 3.8) is 0 Å². The Hall–Kier alpha value is -2.39. The molecule has 0 aliphatic carbocycles. The summed E-state index contributed by atoms with van der Waals surface area (Å²) in [7, 11) is 0. The van der Waals surface area contributed by atoms with E-state index in [0.717, 1.165) is 22.4 Å². The van der Waals surface area contributed by atoms with Crippen LogP contribution in [0, 0.1) is 0 Å². The van der Waals surface area contributed by atoms with Gasteiger partial charge in [-0.25, -0.2) is 4.98 Å². The number of hydrogen-bond donors (Lipinski definition) is 1. The first-order valence-electron chi connectivity index (χ1n) is 6.68. The standard InChI is InChI=1S/C17H16N2O/c20-13-12-19-16-9-5-4-8-15(16)18-17(19)11-10-14-6-2-1-3-7-14/h1-11,20H,12-13H2/b11-10+. The number of rotatable bonds is 4. The molecule has 0 saturated heterocycles. The van der Waals surface area contributed by atoms with E-state index in [9.17, 15) is 5.11 Å². The molecule has 3 rings (SSSR count). The lowest BCUT2D eigenvalue weighted by Gasteiger charge is -2.03. The molecule has 0 amide bonds. The van der Waals surface area contributed by atoms with Gasteiger partial charge < -0.3 is 9.67 Å². The minimum atomic E-state index is 0.104. The van der Waals surface area contributed by atoms with Gasteiger partial charge in [0.1, 0.15) is 5.82 Å². The first-order chi connectivity index (χ1) is 9.88. The lowest BCUT2D eigenvalue weighted by atomic mass is 10.2. The van der Waals surface area contributed by atoms with E-state index in [-0.39, 0.29) is 6.61 Å². The van der Waals surface area contributed by atoms with Crippen molar-refractivity contribution in [2.24, 2.45) is 0 Å². The van der Waals surface area contributed by atoms with Crippen molar-refractivity contribution in [3.8, 4) is 0 Å². The average molecular weight is 264 g/mol. The van der Waals surface area contributed by atoms with Crippen LogP contribution in [0.25, 0.3) is 23.2 Å². The Kier molecular flexibility index (Phi) is 3.61. The lowest BCUT2D eigenvalue weighted by molar-refractivity contribution is 0.277. The first kappa shape index (κ1) is 12.6. The van der Waals surface area contributed by atoms with Crippen molar-refractivity contribution in [1.29, 1.82) is 0 Å². The molecule has 0 saturated carbocycles. The Balaban J connectivity index is 2.02. The van der Waals surface area contributed by atoms with Crippen molar-refractivity contribution in [1.82, 2.24) is 9.55 Å². The van der Waals surface area contributed by atoms with Crippen LogP contribution in [0.4, 0.5) is 0 Å². The third-order valence-electron chi connectivity index (χ3n) is 3.23. The summed E-state index contributed by atoms with van der Waals surface area (Å²) in [6, 6.07) is 18.1. The Morgan fingerprint density at radius 1 is 0.950 bits per heavy atom. The van der Waals surface area contributed by atoms with E-state index in [2.05, 4.69) is 17.1 Å². The number of aliphatic hydroxyl groups excluding tert-OH is 1. The van der Waals surface area contributed by atoms with Crippen LogP contribution in [0.15, 0.2) is 54.6 Å². The largest absolute Gasteiger partial charge is 0.395 e. The fourth-order valence-electron chi connectivity index (χ4n) is 2.29. The molecule has 0 atom stereocenters. The summed E-state index contributed by atoms with van der Waals surface area (Å²) in [6.45, 7) is 0.654. The smallest absolute Gasteiger partial charge is 0.133 e. The van der Waals surface area contributed by atoms with Gasteiger partial charge in [0.15, 0.2) is 0 Å². The van der Waals surface area contributed by atoms with Crippen LogP contribution in [0.5, 0.6) is 0 Å². The molecule has 0 aliphatic rings. The zero-order valence-electron chi connectivity index (χ0n) is 11.1. The van der Waals surface area contributed by atoms with Crippen LogP contribution in [0.3, 0.4) is 0 Å². The maximum Gasteiger partial charge on any atom is 0.133 e. The van der Waals surface area contributed by atoms with Gasteiger partial charge in [-0.05, 0) is 23.8 Å². The van der Waals surface area contributed by atoms with E-state index in [1.165, 1.54) is 0 Å². The molecule has 100 valence electrons. The minimum Gasteiger partial charge on any atom is -0.395 e. The van der Waals surface area contributed by atoms with E-state index in [0.29, 0.717) is 6.54 Å². The van der Waals surface area contributed by atoms with Gasteiger partial charge in [-0.3, -0.25) is 0 Å². The lowest BCUT2D eigenvalue weighted by Crippen LogP contribution is -2.03. The van der Waals surface area contributed by atoms with Gasteiger partial charge >= 0.3 is 0 Å². The number of para-hydroxylation sites is 2. The molecule has 1 aromatic heterocycles. The number of aliphatic hydroxyl groups is 1. The summed E-state index contributed by atoms with van der Waals surface area (Å²) in [6.07, 6.45) is 4.03. The van der Waals surface area contributed by atoms with Crippen LogP contribution in [-0.4, -0.2) is 21.3 Å². The molecule has 1 heterocycles. The fraction of sp³-hybridized carbons (Fsp3) is 0.118. The molecule has 0 fully saturated rings. The molecule has 3 aromatic rings. The summed E-state index contributed by atoms with van der Waals surface area (Å²) in [5, 5.41) is 9.23. The van der Waals surface area contributed by atoms with E-state index >= 15 is 0 Å². The third kappa shape index (κ3) is 2.49. The second kappa shape index (κ2) is 5.72. The number of nitrogens with zero attached hydrogens (tertiary/aromatic N) is 2. The molecule has 3 nitrogen and oxygen atoms in total. The highest BCUT2D eigenvalue weighted by Gasteiger charge is 2.06. The summed E-state index contributed by atoms with van der Waals surface area (Å²) in [5.74, 6) is 0.865. The minimum absolute atomic E-state index is 0.104. The first-order valence-corrected chi connectivity index (χ1v) is 6.68. The van der Waals surface area contributed by atoms with E-state index < -0.39 is 0 Å². The van der Waals surface area contributed by atoms with Gasteiger partial charge in [-0.1, -0.05) is 48.5 Å². The number of imidazole rings is 1. The molecule has 0 bridgehead atoms. The quantitative estimate of drug-likeness (QED) is 0.785. The van der Waals surface area contributed by atoms with Crippen molar-refractivity contribution in [3.05, 3.63) is 66.0 Å². The number of hydrogen-bond acceptors (Lipinski definition) is 2. The number of fused-ring (bicyclic) bond motifs is 1. The summed E-state index contributed by atoms with van der Waals surface area (Å²) in [5.41, 5.74) is 3.14. The maximum absolute atomic E-state index is 9.23. The SMILES string of the molecule is OCCn1c(/C=C/c2ccccc2)nc2ccccc21. The Morgan fingerprint density at radius 2 is 1.70 bits per heavy atom. The highest BCUT2D eigenvalue weighted by molar-refractivity contribution is 5.79. The number of aromatic nitrogens is 2. The van der Waals surface area contributed by atoms with E-state index in [1.54, 1.807) is 0 Å². The Bertz CT molecular complexity index is 729. The van der Waals surface area contributed by atoms with Crippen molar-refractivity contribution < 1.29 is 5.11 Å². The molecular formula is C17H16N2O. The third-order valence-corrected chi connectivity index (χ3v) is 3.23. The normalized spacial score (nSPS) is 11.4. The second-order valence-electron chi connectivity index (χ2n) is 4.58. The van der Waals surface area contributed by atoms with E-state index in [1.807, 2.05) is 59.2 Å². The summed E-state index contributed by atoms with van der Waals surface area (Å²) in [4.78, 5) is 4.61. The van der Waals surface area contributed by atoms with Gasteiger partial charge in [0.25, 0.3) is 0 Å². The summed E-state index contributed by atoms with van der Waals surface area (Å²) >= 11 is 0. The molecule has 0 spiro atoms. The Labute approximate surface area is 117 Å². The van der Waals surface area contributed by atoms with Gasteiger partial charge in [0, 0.05) is 6.54 Å². The van der Waals surface area contributed by atoms with Crippen molar-refractivity contribution in [2.45, 2.75) is 6.54 Å². The van der Waals surface area contributed by atoms with Crippen LogP contribution < -0.4 is 0 Å². The molecule has 2 aromatic carbocycles. The molecule has 1 N–H and O–H groups in total. The van der Waals surface area contributed by atoms with Gasteiger partial charge in [-0.15, -0.1) is 0 Å². The zero-order valence-corrected chi connectivity index (χ0v) is 11.1. The summed E-state index contributed by atoms with van der Waals surface area (Å²) < 4.78 is 2.04. The van der Waals surface area contributed by atoms with Gasteiger partial charge in [0.2, 0.25) is 0 Å². The highest BCUT2D eigenvalue weighted by Crippen LogP contribution is 2.17. The van der Waals surface area contributed by atoms with Crippen molar-refractivity contribution >= 4 is 23.2 Å². The zero-order chi connectivity index (χ0) is 13.8. The molecule has 0 radical (unpaired) electrons. The number of benzene rings is 2. The predicted octanol–water partition coefficient (Wildman–Crippen LogP) is 3.20.